The third kappa shape index (κ3) is 5.57. The average Bonchev–Trinajstić information content (AvgIpc) is 3.23. The topological polar surface area (TPSA) is 86.1 Å². The van der Waals surface area contributed by atoms with Crippen molar-refractivity contribution in [3.8, 4) is 23.1 Å². The molecule has 0 aliphatic carbocycles. The standard InChI is InChI=1S/C23H18ClF3N4O3S/c1-2-34-22-28-21(15-5-3-6-16(13-15)23(25,26)27)31(29-22)19-8-4-7-18(14-19)30-35(32,33)20-11-9-17(24)10-12-20/h3-14,30H,2H2,1H3. The maximum absolute atomic E-state index is 13.3. The van der Waals surface area contributed by atoms with Gasteiger partial charge in [0.2, 0.25) is 0 Å². The van der Waals surface area contributed by atoms with Crippen LogP contribution in [-0.4, -0.2) is 29.8 Å². The number of halogens is 4. The van der Waals surface area contributed by atoms with Crippen LogP contribution in [0.15, 0.2) is 77.7 Å². The van der Waals surface area contributed by atoms with Gasteiger partial charge in [0.25, 0.3) is 10.0 Å². The summed E-state index contributed by atoms with van der Waals surface area (Å²) in [5, 5.41) is 4.65. The van der Waals surface area contributed by atoms with Crippen LogP contribution in [-0.2, 0) is 16.2 Å². The molecule has 12 heteroatoms. The second kappa shape index (κ2) is 9.59. The molecule has 182 valence electrons. The van der Waals surface area contributed by atoms with Gasteiger partial charge in [0.15, 0.2) is 5.82 Å². The van der Waals surface area contributed by atoms with Crippen molar-refractivity contribution < 1.29 is 26.3 Å². The number of rotatable bonds is 7. The van der Waals surface area contributed by atoms with E-state index >= 15 is 0 Å². The Bertz CT molecular complexity index is 1460. The van der Waals surface area contributed by atoms with Crippen molar-refractivity contribution in [2.24, 2.45) is 0 Å². The number of anilines is 1. The zero-order valence-corrected chi connectivity index (χ0v) is 19.7. The summed E-state index contributed by atoms with van der Waals surface area (Å²) in [5.41, 5.74) is -0.120. The molecule has 1 aromatic heterocycles. The molecule has 0 unspecified atom stereocenters. The van der Waals surface area contributed by atoms with E-state index in [9.17, 15) is 21.6 Å². The lowest BCUT2D eigenvalue weighted by Gasteiger charge is -2.12. The van der Waals surface area contributed by atoms with Gasteiger partial charge < -0.3 is 4.74 Å². The van der Waals surface area contributed by atoms with Crippen LogP contribution in [0.2, 0.25) is 5.02 Å². The highest BCUT2D eigenvalue weighted by Gasteiger charge is 2.31. The van der Waals surface area contributed by atoms with Crippen molar-refractivity contribution in [2.45, 2.75) is 18.0 Å². The van der Waals surface area contributed by atoms with Crippen molar-refractivity contribution in [2.75, 3.05) is 11.3 Å². The SMILES string of the molecule is CCOc1nc(-c2cccc(C(F)(F)F)c2)n(-c2cccc(NS(=O)(=O)c3ccc(Cl)cc3)c2)n1. The van der Waals surface area contributed by atoms with Crippen LogP contribution in [0, 0.1) is 0 Å². The van der Waals surface area contributed by atoms with E-state index in [1.54, 1.807) is 19.1 Å². The normalized spacial score (nSPS) is 11.9. The minimum Gasteiger partial charge on any atom is -0.463 e. The van der Waals surface area contributed by atoms with E-state index in [-0.39, 0.29) is 34.6 Å². The van der Waals surface area contributed by atoms with Gasteiger partial charge in [-0.1, -0.05) is 29.8 Å². The van der Waals surface area contributed by atoms with E-state index in [2.05, 4.69) is 14.8 Å². The molecule has 0 aliphatic rings. The Hall–Kier alpha value is -3.57. The van der Waals surface area contributed by atoms with E-state index in [1.807, 2.05) is 0 Å². The van der Waals surface area contributed by atoms with Crippen LogP contribution in [0.25, 0.3) is 17.1 Å². The number of nitrogens with zero attached hydrogens (tertiary/aromatic N) is 3. The van der Waals surface area contributed by atoms with E-state index < -0.39 is 21.8 Å². The second-order valence-corrected chi connectivity index (χ2v) is 9.37. The predicted octanol–water partition coefficient (Wildman–Crippen LogP) is 5.81. The summed E-state index contributed by atoms with van der Waals surface area (Å²) in [6, 6.07) is 16.5. The van der Waals surface area contributed by atoms with Crippen LogP contribution in [0.3, 0.4) is 0 Å². The molecular weight excluding hydrogens is 505 g/mol. The number of hydrogen-bond donors (Lipinski definition) is 1. The Morgan fingerprint density at radius 1 is 1.03 bits per heavy atom. The molecule has 0 amide bonds. The number of alkyl halides is 3. The van der Waals surface area contributed by atoms with Gasteiger partial charge >= 0.3 is 12.2 Å². The van der Waals surface area contributed by atoms with E-state index in [4.69, 9.17) is 16.3 Å². The van der Waals surface area contributed by atoms with Crippen LogP contribution in [0.4, 0.5) is 18.9 Å². The molecular formula is C23H18ClF3N4O3S. The third-order valence-corrected chi connectivity index (χ3v) is 6.43. The Balaban J connectivity index is 1.74. The number of sulfonamides is 1. The summed E-state index contributed by atoms with van der Waals surface area (Å²) >= 11 is 5.83. The molecule has 0 radical (unpaired) electrons. The maximum atomic E-state index is 13.3. The average molecular weight is 523 g/mol. The van der Waals surface area contributed by atoms with E-state index in [0.717, 1.165) is 12.1 Å². The Morgan fingerprint density at radius 2 is 1.74 bits per heavy atom. The highest BCUT2D eigenvalue weighted by Crippen LogP contribution is 2.33. The number of ether oxygens (including phenoxy) is 1. The summed E-state index contributed by atoms with van der Waals surface area (Å²) < 4.78 is 74.4. The fourth-order valence-electron chi connectivity index (χ4n) is 3.21. The van der Waals surface area contributed by atoms with Crippen molar-refractivity contribution in [1.29, 1.82) is 0 Å². The molecule has 1 N–H and O–H groups in total. The largest absolute Gasteiger partial charge is 0.463 e. The fraction of sp³-hybridized carbons (Fsp3) is 0.130. The molecule has 35 heavy (non-hydrogen) atoms. The molecule has 0 bridgehead atoms. The molecule has 0 saturated carbocycles. The first-order chi connectivity index (χ1) is 16.6. The summed E-state index contributed by atoms with van der Waals surface area (Å²) in [6.07, 6.45) is -4.54. The van der Waals surface area contributed by atoms with Crippen molar-refractivity contribution >= 4 is 27.3 Å². The van der Waals surface area contributed by atoms with E-state index in [1.165, 1.54) is 53.2 Å². The number of nitrogens with one attached hydrogen (secondary N) is 1. The number of aromatic nitrogens is 3. The van der Waals surface area contributed by atoms with Crippen molar-refractivity contribution in [3.05, 3.63) is 83.4 Å². The molecule has 4 rings (SSSR count). The lowest BCUT2D eigenvalue weighted by atomic mass is 10.1. The fourth-order valence-corrected chi connectivity index (χ4v) is 4.39. The van der Waals surface area contributed by atoms with Crippen molar-refractivity contribution in [1.82, 2.24) is 14.8 Å². The highest BCUT2D eigenvalue weighted by molar-refractivity contribution is 7.92. The minimum absolute atomic E-state index is 0.0105. The Kier molecular flexibility index (Phi) is 6.73. The number of hydrogen-bond acceptors (Lipinski definition) is 5. The molecule has 0 spiro atoms. The monoisotopic (exact) mass is 522 g/mol. The number of benzene rings is 3. The van der Waals surface area contributed by atoms with Gasteiger partial charge in [-0.15, -0.1) is 5.10 Å². The Morgan fingerprint density at radius 3 is 2.43 bits per heavy atom. The molecule has 0 atom stereocenters. The minimum atomic E-state index is -4.54. The lowest BCUT2D eigenvalue weighted by molar-refractivity contribution is -0.137. The van der Waals surface area contributed by atoms with Gasteiger partial charge in [-0.2, -0.15) is 18.2 Å². The molecule has 3 aromatic carbocycles. The first-order valence-corrected chi connectivity index (χ1v) is 12.1. The molecule has 0 fully saturated rings. The van der Waals surface area contributed by atoms with Gasteiger partial charge in [0, 0.05) is 10.6 Å². The molecule has 4 aromatic rings. The quantitative estimate of drug-likeness (QED) is 0.331. The van der Waals surface area contributed by atoms with Gasteiger partial charge in [-0.3, -0.25) is 4.72 Å². The zero-order chi connectivity index (χ0) is 25.2. The predicted molar refractivity (Wildman–Crippen MR) is 125 cm³/mol. The van der Waals surface area contributed by atoms with Crippen LogP contribution >= 0.6 is 11.6 Å². The highest BCUT2D eigenvalue weighted by atomic mass is 35.5. The summed E-state index contributed by atoms with van der Waals surface area (Å²) in [4.78, 5) is 4.25. The van der Waals surface area contributed by atoms with Gasteiger partial charge in [-0.05, 0) is 61.5 Å². The lowest BCUT2D eigenvalue weighted by Crippen LogP contribution is -2.13. The first kappa shape index (κ1) is 24.6. The van der Waals surface area contributed by atoms with Gasteiger partial charge in [-0.25, -0.2) is 13.1 Å². The Labute approximate surface area is 204 Å². The summed E-state index contributed by atoms with van der Waals surface area (Å²) in [6.45, 7) is 1.96. The first-order valence-electron chi connectivity index (χ1n) is 10.2. The van der Waals surface area contributed by atoms with Crippen LogP contribution in [0.5, 0.6) is 6.01 Å². The molecule has 1 heterocycles. The maximum Gasteiger partial charge on any atom is 0.416 e. The van der Waals surface area contributed by atoms with Gasteiger partial charge in [0.05, 0.1) is 28.4 Å². The van der Waals surface area contributed by atoms with Crippen LogP contribution < -0.4 is 9.46 Å². The smallest absolute Gasteiger partial charge is 0.416 e. The summed E-state index contributed by atoms with van der Waals surface area (Å²) in [7, 11) is -3.92. The molecule has 0 saturated heterocycles. The summed E-state index contributed by atoms with van der Waals surface area (Å²) in [5.74, 6) is 0.0947. The molecule has 0 aliphatic heterocycles. The van der Waals surface area contributed by atoms with E-state index in [0.29, 0.717) is 10.7 Å². The zero-order valence-electron chi connectivity index (χ0n) is 18.1. The van der Waals surface area contributed by atoms with Crippen molar-refractivity contribution in [3.63, 3.8) is 0 Å². The molecule has 7 nitrogen and oxygen atoms in total. The third-order valence-electron chi connectivity index (χ3n) is 4.78. The van der Waals surface area contributed by atoms with Crippen LogP contribution in [0.1, 0.15) is 12.5 Å². The van der Waals surface area contributed by atoms with Gasteiger partial charge in [0.1, 0.15) is 0 Å². The second-order valence-electron chi connectivity index (χ2n) is 7.25.